The molecule has 0 saturated heterocycles. The number of rotatable bonds is 3. The Morgan fingerprint density at radius 3 is 1.70 bits per heavy atom. The Bertz CT molecular complexity index is 1940. The molecular formula is C43H41N. The van der Waals surface area contributed by atoms with Crippen LogP contribution in [0.15, 0.2) is 127 Å². The van der Waals surface area contributed by atoms with Crippen LogP contribution in [0.5, 0.6) is 0 Å². The van der Waals surface area contributed by atoms with E-state index in [-0.39, 0.29) is 5.54 Å². The van der Waals surface area contributed by atoms with Crippen LogP contribution in [0.25, 0.3) is 43.8 Å². The van der Waals surface area contributed by atoms with Crippen LogP contribution in [-0.4, -0.2) is 5.54 Å². The van der Waals surface area contributed by atoms with Gasteiger partial charge in [-0.25, -0.2) is 0 Å². The number of benzene rings is 6. The van der Waals surface area contributed by atoms with E-state index in [2.05, 4.69) is 160 Å². The lowest BCUT2D eigenvalue weighted by Gasteiger charge is -2.49. The second-order valence-electron chi connectivity index (χ2n) is 14.4. The number of hydrogen-bond acceptors (Lipinski definition) is 1. The molecular weight excluding hydrogens is 530 g/mol. The van der Waals surface area contributed by atoms with E-state index in [1.807, 2.05) is 0 Å². The maximum Gasteiger partial charge on any atom is 0.0492 e. The van der Waals surface area contributed by atoms with Crippen molar-refractivity contribution < 1.29 is 0 Å². The Labute approximate surface area is 262 Å². The third-order valence-electron chi connectivity index (χ3n) is 10.9. The van der Waals surface area contributed by atoms with Crippen molar-refractivity contribution in [2.45, 2.75) is 58.4 Å². The maximum absolute atomic E-state index is 2.68. The zero-order valence-corrected chi connectivity index (χ0v) is 26.3. The summed E-state index contributed by atoms with van der Waals surface area (Å²) in [6, 6.07) is 47.5. The first kappa shape index (κ1) is 27.2. The minimum absolute atomic E-state index is 0.0609. The molecule has 6 aromatic rings. The van der Waals surface area contributed by atoms with Gasteiger partial charge in [-0.05, 0) is 111 Å². The summed E-state index contributed by atoms with van der Waals surface area (Å²) in [7, 11) is 0. The van der Waals surface area contributed by atoms with Crippen molar-refractivity contribution in [2.24, 2.45) is 11.3 Å². The largest absolute Gasteiger partial charge is 0.335 e. The number of para-hydroxylation sites is 1. The van der Waals surface area contributed by atoms with Gasteiger partial charge in [0.25, 0.3) is 0 Å². The van der Waals surface area contributed by atoms with E-state index in [1.54, 1.807) is 0 Å². The zero-order chi connectivity index (χ0) is 30.1. The molecule has 1 heteroatoms. The van der Waals surface area contributed by atoms with Gasteiger partial charge in [0.05, 0.1) is 0 Å². The normalized spacial score (nSPS) is 21.4. The second kappa shape index (κ2) is 10.1. The van der Waals surface area contributed by atoms with E-state index in [1.165, 1.54) is 80.0 Å². The lowest BCUT2D eigenvalue weighted by Crippen LogP contribution is -2.48. The summed E-state index contributed by atoms with van der Waals surface area (Å²) in [5.74, 6) is 1.19. The fourth-order valence-electron chi connectivity index (χ4n) is 8.65. The van der Waals surface area contributed by atoms with Gasteiger partial charge in [-0.2, -0.15) is 0 Å². The van der Waals surface area contributed by atoms with Crippen molar-refractivity contribution in [3.63, 3.8) is 0 Å². The minimum Gasteiger partial charge on any atom is -0.335 e. The van der Waals surface area contributed by atoms with Crippen molar-refractivity contribution >= 4 is 32.9 Å². The molecule has 0 aromatic heterocycles. The molecule has 1 aliphatic heterocycles. The van der Waals surface area contributed by atoms with Crippen LogP contribution >= 0.6 is 0 Å². The predicted octanol–water partition coefficient (Wildman–Crippen LogP) is 12.2. The van der Waals surface area contributed by atoms with Crippen molar-refractivity contribution in [2.75, 3.05) is 4.90 Å². The smallest absolute Gasteiger partial charge is 0.0492 e. The van der Waals surface area contributed by atoms with Crippen LogP contribution in [0.3, 0.4) is 0 Å². The molecule has 0 N–H and O–H groups in total. The van der Waals surface area contributed by atoms with Gasteiger partial charge in [-0.3, -0.25) is 0 Å². The highest BCUT2D eigenvalue weighted by atomic mass is 15.2. The van der Waals surface area contributed by atoms with Gasteiger partial charge in [-0.1, -0.05) is 124 Å². The predicted molar refractivity (Wildman–Crippen MR) is 189 cm³/mol. The lowest BCUT2D eigenvalue weighted by molar-refractivity contribution is 0.127. The molecule has 3 atom stereocenters. The molecule has 1 aliphatic carbocycles. The monoisotopic (exact) mass is 571 g/mol. The van der Waals surface area contributed by atoms with Crippen molar-refractivity contribution in [1.29, 1.82) is 0 Å². The van der Waals surface area contributed by atoms with Gasteiger partial charge in [0.2, 0.25) is 0 Å². The molecule has 3 unspecified atom stereocenters. The number of nitrogens with zero attached hydrogens (tertiary/aromatic N) is 1. The van der Waals surface area contributed by atoms with Gasteiger partial charge in [0.15, 0.2) is 0 Å². The third kappa shape index (κ3) is 4.13. The molecule has 2 aliphatic rings. The number of hydrogen-bond donors (Lipinski definition) is 0. The molecule has 0 bridgehead atoms. The van der Waals surface area contributed by atoms with Gasteiger partial charge in [0.1, 0.15) is 0 Å². The SMILES string of the molecule is CC(C)(C)C1CCC2(C)C(C1)c1cc(-c3c4ccccc4c(-c4ccccc4)c4ccccc34)ccc1N2c1ccccc1. The van der Waals surface area contributed by atoms with E-state index in [0.717, 1.165) is 0 Å². The topological polar surface area (TPSA) is 3.24 Å². The van der Waals surface area contributed by atoms with Crippen LogP contribution < -0.4 is 4.90 Å². The Hall–Kier alpha value is -4.36. The average molecular weight is 572 g/mol. The summed E-state index contributed by atoms with van der Waals surface area (Å²) >= 11 is 0. The summed E-state index contributed by atoms with van der Waals surface area (Å²) in [4.78, 5) is 2.68. The molecule has 44 heavy (non-hydrogen) atoms. The van der Waals surface area contributed by atoms with E-state index in [9.17, 15) is 0 Å². The average Bonchev–Trinajstić information content (AvgIpc) is 3.31. The molecule has 8 rings (SSSR count). The molecule has 1 saturated carbocycles. The second-order valence-corrected chi connectivity index (χ2v) is 14.4. The third-order valence-corrected chi connectivity index (χ3v) is 10.9. The van der Waals surface area contributed by atoms with E-state index < -0.39 is 0 Å². The molecule has 1 nitrogen and oxygen atoms in total. The molecule has 6 aromatic carbocycles. The quantitative estimate of drug-likeness (QED) is 0.191. The Kier molecular flexibility index (Phi) is 6.24. The van der Waals surface area contributed by atoms with Crippen molar-refractivity contribution in [1.82, 2.24) is 0 Å². The fourth-order valence-corrected chi connectivity index (χ4v) is 8.65. The van der Waals surface area contributed by atoms with Crippen LogP contribution in [-0.2, 0) is 0 Å². The lowest BCUT2D eigenvalue weighted by atomic mass is 9.62. The highest BCUT2D eigenvalue weighted by Crippen LogP contribution is 2.61. The van der Waals surface area contributed by atoms with Crippen molar-refractivity contribution in [3.05, 3.63) is 133 Å². The molecule has 0 amide bonds. The summed E-state index contributed by atoms with van der Waals surface area (Å²) < 4.78 is 0. The van der Waals surface area contributed by atoms with Crippen LogP contribution in [0.2, 0.25) is 0 Å². The minimum atomic E-state index is 0.0609. The first-order valence-corrected chi connectivity index (χ1v) is 16.3. The Balaban J connectivity index is 1.38. The Morgan fingerprint density at radius 2 is 1.14 bits per heavy atom. The van der Waals surface area contributed by atoms with Crippen LogP contribution in [0.4, 0.5) is 11.4 Å². The first-order valence-electron chi connectivity index (χ1n) is 16.3. The molecule has 1 heterocycles. The summed E-state index contributed by atoms with van der Waals surface area (Å²) in [6.45, 7) is 9.85. The molecule has 0 spiro atoms. The molecule has 218 valence electrons. The fraction of sp³-hybridized carbons (Fsp3) is 0.256. The van der Waals surface area contributed by atoms with Crippen LogP contribution in [0, 0.1) is 11.3 Å². The Morgan fingerprint density at radius 1 is 0.614 bits per heavy atom. The van der Waals surface area contributed by atoms with Gasteiger partial charge in [0, 0.05) is 22.8 Å². The molecule has 1 fully saturated rings. The van der Waals surface area contributed by atoms with E-state index in [0.29, 0.717) is 17.3 Å². The summed E-state index contributed by atoms with van der Waals surface area (Å²) in [6.07, 6.45) is 3.71. The molecule has 0 radical (unpaired) electrons. The highest BCUT2D eigenvalue weighted by molar-refractivity contribution is 6.21. The van der Waals surface area contributed by atoms with E-state index in [4.69, 9.17) is 0 Å². The van der Waals surface area contributed by atoms with Gasteiger partial charge >= 0.3 is 0 Å². The summed E-state index contributed by atoms with van der Waals surface area (Å²) in [5.41, 5.74) is 9.84. The van der Waals surface area contributed by atoms with E-state index >= 15 is 0 Å². The zero-order valence-electron chi connectivity index (χ0n) is 26.3. The van der Waals surface area contributed by atoms with Gasteiger partial charge < -0.3 is 4.90 Å². The number of anilines is 2. The highest BCUT2D eigenvalue weighted by Gasteiger charge is 2.52. The maximum atomic E-state index is 2.68. The van der Waals surface area contributed by atoms with Crippen molar-refractivity contribution in [3.8, 4) is 22.3 Å². The van der Waals surface area contributed by atoms with Gasteiger partial charge in [-0.15, -0.1) is 0 Å². The summed E-state index contributed by atoms with van der Waals surface area (Å²) in [5, 5.41) is 5.27. The standard InChI is InChI=1S/C43H41N/c1-42(2,3)31-25-26-43(4)38(28-31)37-27-30(23-24-39(37)44(43)32-17-9-6-10-18-32)41-35-21-13-11-19-33(35)40(29-15-7-5-8-16-29)34-20-12-14-22-36(34)41/h5-24,27,31,38H,25-26,28H2,1-4H3. The first-order chi connectivity index (χ1) is 21.3. The van der Waals surface area contributed by atoms with Crippen LogP contribution in [0.1, 0.15) is 58.4 Å². The number of fused-ring (bicyclic) bond motifs is 5.